The number of nitrogens with zero attached hydrogens (tertiary/aromatic N) is 2. The number of H-pyrrole nitrogens is 1. The Morgan fingerprint density at radius 3 is 2.81 bits per heavy atom. The summed E-state index contributed by atoms with van der Waals surface area (Å²) < 4.78 is 5.39. The van der Waals surface area contributed by atoms with E-state index in [9.17, 15) is 9.59 Å². The zero-order chi connectivity index (χ0) is 17.1. The van der Waals surface area contributed by atoms with E-state index in [2.05, 4.69) is 25.8 Å². The van der Waals surface area contributed by atoms with Crippen LogP contribution in [0.2, 0.25) is 0 Å². The molecule has 2 aromatic heterocycles. The molecule has 1 aliphatic rings. The summed E-state index contributed by atoms with van der Waals surface area (Å²) in [5, 5.41) is 12.1. The number of nitrogens with two attached hydrogens (primary N) is 1. The van der Waals surface area contributed by atoms with E-state index < -0.39 is 11.5 Å². The highest BCUT2D eigenvalue weighted by Gasteiger charge is 2.22. The van der Waals surface area contributed by atoms with Crippen molar-refractivity contribution in [2.75, 3.05) is 18.8 Å². The lowest BCUT2D eigenvalue weighted by Crippen LogP contribution is -2.31. The number of aryl methyl sites for hydroxylation is 1. The van der Waals surface area contributed by atoms with Crippen LogP contribution in [0.1, 0.15) is 46.3 Å². The van der Waals surface area contributed by atoms with Gasteiger partial charge in [0.05, 0.1) is 6.54 Å². The summed E-state index contributed by atoms with van der Waals surface area (Å²) in [6, 6.07) is 1.78. The minimum absolute atomic E-state index is 0. The fourth-order valence-electron chi connectivity index (χ4n) is 2.84. The number of halogens is 2. The van der Waals surface area contributed by atoms with Crippen molar-refractivity contribution in [3.63, 3.8) is 0 Å². The quantitative estimate of drug-likeness (QED) is 0.592. The number of aromatic amines is 1. The molecule has 1 atom stereocenters. The first-order chi connectivity index (χ1) is 11.5. The minimum Gasteiger partial charge on any atom is -0.427 e. The highest BCUT2D eigenvalue weighted by Crippen LogP contribution is 2.23. The third-order valence-electron chi connectivity index (χ3n) is 4.06. The van der Waals surface area contributed by atoms with E-state index in [1.165, 1.54) is 0 Å². The Labute approximate surface area is 162 Å². The molecule has 5 N–H and O–H groups in total. The molecule has 3 rings (SSSR count). The first-order valence-electron chi connectivity index (χ1n) is 7.85. The summed E-state index contributed by atoms with van der Waals surface area (Å²) in [7, 11) is 0. The van der Waals surface area contributed by atoms with Crippen molar-refractivity contribution in [3.8, 4) is 0 Å². The van der Waals surface area contributed by atoms with Crippen LogP contribution < -0.4 is 22.0 Å². The maximum Gasteiger partial charge on any atom is 0.349 e. The zero-order valence-electron chi connectivity index (χ0n) is 14.2. The van der Waals surface area contributed by atoms with Crippen LogP contribution in [-0.2, 0) is 6.54 Å². The van der Waals surface area contributed by atoms with Crippen molar-refractivity contribution in [1.82, 2.24) is 25.8 Å². The van der Waals surface area contributed by atoms with Gasteiger partial charge in [-0.2, -0.15) is 4.98 Å². The molecule has 144 valence electrons. The number of anilines is 1. The van der Waals surface area contributed by atoms with Crippen molar-refractivity contribution in [2.45, 2.75) is 32.2 Å². The second kappa shape index (κ2) is 9.56. The van der Waals surface area contributed by atoms with Gasteiger partial charge in [-0.1, -0.05) is 0 Å². The van der Waals surface area contributed by atoms with E-state index in [1.54, 1.807) is 13.0 Å². The molecule has 3 heterocycles. The predicted octanol–water partition coefficient (Wildman–Crippen LogP) is 0.889. The molecule has 0 aliphatic carbocycles. The van der Waals surface area contributed by atoms with Gasteiger partial charge in [0.15, 0.2) is 0 Å². The predicted molar refractivity (Wildman–Crippen MR) is 101 cm³/mol. The summed E-state index contributed by atoms with van der Waals surface area (Å²) in [6.07, 6.45) is 2.00. The first-order valence-corrected chi connectivity index (χ1v) is 7.85. The molecule has 1 fully saturated rings. The Balaban J connectivity index is 0.00000169. The van der Waals surface area contributed by atoms with Crippen LogP contribution in [0.4, 0.5) is 5.95 Å². The monoisotopic (exact) mass is 404 g/mol. The Morgan fingerprint density at radius 2 is 2.23 bits per heavy atom. The fraction of sp³-hybridized carbons (Fsp3) is 0.467. The molecule has 1 unspecified atom stereocenters. The van der Waals surface area contributed by atoms with Gasteiger partial charge >= 0.3 is 5.63 Å². The Kier molecular flexibility index (Phi) is 8.07. The second-order valence-electron chi connectivity index (χ2n) is 5.86. The van der Waals surface area contributed by atoms with Gasteiger partial charge in [-0.05, 0) is 37.9 Å². The molecule has 1 saturated heterocycles. The van der Waals surface area contributed by atoms with Crippen LogP contribution in [0.15, 0.2) is 15.3 Å². The van der Waals surface area contributed by atoms with E-state index in [0.29, 0.717) is 17.1 Å². The average molecular weight is 405 g/mol. The summed E-state index contributed by atoms with van der Waals surface area (Å²) in [5.41, 5.74) is 5.38. The Morgan fingerprint density at radius 1 is 1.46 bits per heavy atom. The fourth-order valence-corrected chi connectivity index (χ4v) is 2.84. The van der Waals surface area contributed by atoms with Crippen molar-refractivity contribution >= 4 is 36.7 Å². The van der Waals surface area contributed by atoms with Gasteiger partial charge in [0.25, 0.3) is 5.91 Å². The average Bonchev–Trinajstić information content (AvgIpc) is 2.98. The third kappa shape index (κ3) is 4.96. The van der Waals surface area contributed by atoms with Crippen molar-refractivity contribution < 1.29 is 9.21 Å². The van der Waals surface area contributed by atoms with Gasteiger partial charge in [-0.15, -0.1) is 29.9 Å². The first kappa shape index (κ1) is 21.9. The molecule has 2 aromatic rings. The molecule has 1 aliphatic heterocycles. The molecule has 0 radical (unpaired) electrons. The second-order valence-corrected chi connectivity index (χ2v) is 5.86. The molecule has 0 spiro atoms. The lowest BCUT2D eigenvalue weighted by Gasteiger charge is -2.22. The molecular formula is C15H22Cl2N6O3. The maximum absolute atomic E-state index is 12.3. The largest absolute Gasteiger partial charge is 0.427 e. The molecule has 1 amide bonds. The van der Waals surface area contributed by atoms with E-state index >= 15 is 0 Å². The highest BCUT2D eigenvalue weighted by molar-refractivity contribution is 5.95. The van der Waals surface area contributed by atoms with Crippen LogP contribution in [0.25, 0.3) is 0 Å². The number of amides is 1. The standard InChI is InChI=1S/C15H20N6O3.2ClH/c1-8-5-10(9-3-2-4-17-6-9)24-14(23)12(8)13(22)18-7-11-19-15(16)21-20-11;;/h5,9,17H,2-4,6-7H2,1H3,(H,18,22)(H3,16,19,20,21);2*1H. The molecule has 0 aromatic carbocycles. The van der Waals surface area contributed by atoms with Crippen molar-refractivity contribution in [3.05, 3.63) is 39.2 Å². The summed E-state index contributed by atoms with van der Waals surface area (Å²) >= 11 is 0. The van der Waals surface area contributed by atoms with E-state index in [1.807, 2.05) is 0 Å². The Hall–Kier alpha value is -2.10. The number of nitrogen functional groups attached to an aromatic ring is 1. The van der Waals surface area contributed by atoms with Crippen LogP contribution >= 0.6 is 24.8 Å². The van der Waals surface area contributed by atoms with Gasteiger partial charge in [0.1, 0.15) is 17.1 Å². The number of carbonyl (C=O) groups excluding carboxylic acids is 1. The molecule has 26 heavy (non-hydrogen) atoms. The highest BCUT2D eigenvalue weighted by atomic mass is 35.5. The molecule has 0 bridgehead atoms. The van der Waals surface area contributed by atoms with Crippen LogP contribution in [0, 0.1) is 6.92 Å². The minimum atomic E-state index is -0.620. The topological polar surface area (TPSA) is 139 Å². The summed E-state index contributed by atoms with van der Waals surface area (Å²) in [4.78, 5) is 28.4. The van der Waals surface area contributed by atoms with Crippen molar-refractivity contribution in [2.24, 2.45) is 0 Å². The number of carbonyl (C=O) groups is 1. The summed E-state index contributed by atoms with van der Waals surface area (Å²) in [6.45, 7) is 3.58. The van der Waals surface area contributed by atoms with Crippen LogP contribution in [0.5, 0.6) is 0 Å². The van der Waals surface area contributed by atoms with E-state index in [4.69, 9.17) is 10.2 Å². The number of rotatable bonds is 4. The lowest BCUT2D eigenvalue weighted by atomic mass is 9.95. The molecule has 0 saturated carbocycles. The van der Waals surface area contributed by atoms with Gasteiger partial charge in [0, 0.05) is 12.5 Å². The van der Waals surface area contributed by atoms with Gasteiger partial charge in [-0.3, -0.25) is 9.89 Å². The van der Waals surface area contributed by atoms with Gasteiger partial charge in [0.2, 0.25) is 5.95 Å². The SMILES string of the molecule is Cc1cc(C2CCCNC2)oc(=O)c1C(=O)NCc1nc(N)n[nH]1.Cl.Cl. The van der Waals surface area contributed by atoms with Crippen LogP contribution in [0.3, 0.4) is 0 Å². The number of piperidine rings is 1. The van der Waals surface area contributed by atoms with Gasteiger partial charge in [-0.25, -0.2) is 4.79 Å². The number of aromatic nitrogens is 3. The molecular weight excluding hydrogens is 383 g/mol. The van der Waals surface area contributed by atoms with E-state index in [0.717, 1.165) is 25.9 Å². The van der Waals surface area contributed by atoms with E-state index in [-0.39, 0.29) is 48.8 Å². The normalized spacial score (nSPS) is 16.3. The van der Waals surface area contributed by atoms with Crippen LogP contribution in [-0.4, -0.2) is 34.2 Å². The summed E-state index contributed by atoms with van der Waals surface area (Å²) in [5.74, 6) is 0.793. The molecule has 11 heteroatoms. The zero-order valence-corrected chi connectivity index (χ0v) is 15.8. The Bertz CT molecular complexity index is 801. The maximum atomic E-state index is 12.3. The number of hydrogen-bond acceptors (Lipinski definition) is 7. The molecule has 9 nitrogen and oxygen atoms in total. The number of hydrogen-bond donors (Lipinski definition) is 4. The van der Waals surface area contributed by atoms with Crippen molar-refractivity contribution in [1.29, 1.82) is 0 Å². The smallest absolute Gasteiger partial charge is 0.349 e. The van der Waals surface area contributed by atoms with Gasteiger partial charge < -0.3 is 20.8 Å². The number of nitrogens with one attached hydrogen (secondary N) is 3. The lowest BCUT2D eigenvalue weighted by molar-refractivity contribution is 0.0944. The third-order valence-corrected chi connectivity index (χ3v) is 4.06.